The standard InChI is InChI=1S/C14H15N3O2/c1-10-5-6-15-8-12(10)9-16-13-3-4-14(17(18)19)11(2)7-13/h3-8,16H,9H2,1-2H3. The lowest BCUT2D eigenvalue weighted by molar-refractivity contribution is -0.385. The number of nitro benzene ring substituents is 1. The number of rotatable bonds is 4. The molecule has 0 aliphatic heterocycles. The Bertz CT molecular complexity index is 611. The van der Waals surface area contributed by atoms with Crippen LogP contribution in [-0.2, 0) is 6.54 Å². The van der Waals surface area contributed by atoms with Gasteiger partial charge in [-0.15, -0.1) is 0 Å². The predicted molar refractivity (Wildman–Crippen MR) is 74.1 cm³/mol. The van der Waals surface area contributed by atoms with Crippen molar-refractivity contribution in [2.24, 2.45) is 0 Å². The van der Waals surface area contributed by atoms with Crippen LogP contribution in [0.2, 0.25) is 0 Å². The molecule has 0 aliphatic carbocycles. The molecular weight excluding hydrogens is 242 g/mol. The first-order valence-corrected chi connectivity index (χ1v) is 5.96. The minimum Gasteiger partial charge on any atom is -0.381 e. The van der Waals surface area contributed by atoms with Gasteiger partial charge in [0, 0.05) is 36.3 Å². The molecule has 1 N–H and O–H groups in total. The average Bonchev–Trinajstić information content (AvgIpc) is 2.37. The van der Waals surface area contributed by atoms with Crippen LogP contribution < -0.4 is 5.32 Å². The summed E-state index contributed by atoms with van der Waals surface area (Å²) in [4.78, 5) is 14.4. The molecule has 98 valence electrons. The normalized spacial score (nSPS) is 10.2. The third kappa shape index (κ3) is 3.07. The number of nitro groups is 1. The third-order valence-corrected chi connectivity index (χ3v) is 3.02. The largest absolute Gasteiger partial charge is 0.381 e. The van der Waals surface area contributed by atoms with Crippen LogP contribution >= 0.6 is 0 Å². The van der Waals surface area contributed by atoms with Gasteiger partial charge in [-0.3, -0.25) is 15.1 Å². The molecule has 0 aliphatic rings. The van der Waals surface area contributed by atoms with E-state index in [9.17, 15) is 10.1 Å². The fourth-order valence-electron chi connectivity index (χ4n) is 1.85. The van der Waals surface area contributed by atoms with Crippen molar-refractivity contribution < 1.29 is 4.92 Å². The van der Waals surface area contributed by atoms with E-state index in [2.05, 4.69) is 10.3 Å². The Balaban J connectivity index is 2.11. The van der Waals surface area contributed by atoms with Gasteiger partial charge < -0.3 is 5.32 Å². The number of aryl methyl sites for hydroxylation is 2. The zero-order valence-electron chi connectivity index (χ0n) is 10.9. The first kappa shape index (κ1) is 13.0. The van der Waals surface area contributed by atoms with Crippen molar-refractivity contribution in [1.82, 2.24) is 4.98 Å². The summed E-state index contributed by atoms with van der Waals surface area (Å²) in [6, 6.07) is 6.98. The van der Waals surface area contributed by atoms with Crippen LogP contribution in [0.5, 0.6) is 0 Å². The van der Waals surface area contributed by atoms with Crippen molar-refractivity contribution in [1.29, 1.82) is 0 Å². The van der Waals surface area contributed by atoms with Crippen molar-refractivity contribution in [3.63, 3.8) is 0 Å². The number of nitrogens with zero attached hydrogens (tertiary/aromatic N) is 2. The Morgan fingerprint density at radius 1 is 1.26 bits per heavy atom. The van der Waals surface area contributed by atoms with Gasteiger partial charge >= 0.3 is 0 Å². The van der Waals surface area contributed by atoms with Crippen molar-refractivity contribution in [2.75, 3.05) is 5.32 Å². The van der Waals surface area contributed by atoms with Crippen LogP contribution in [0, 0.1) is 24.0 Å². The van der Waals surface area contributed by atoms with E-state index in [1.165, 1.54) is 11.6 Å². The molecule has 0 radical (unpaired) electrons. The van der Waals surface area contributed by atoms with Crippen LogP contribution in [-0.4, -0.2) is 9.91 Å². The molecule has 5 nitrogen and oxygen atoms in total. The maximum absolute atomic E-state index is 10.7. The Labute approximate surface area is 111 Å². The second kappa shape index (κ2) is 5.48. The molecular formula is C14H15N3O2. The lowest BCUT2D eigenvalue weighted by Crippen LogP contribution is -2.02. The first-order valence-electron chi connectivity index (χ1n) is 5.96. The van der Waals surface area contributed by atoms with E-state index in [1.54, 1.807) is 25.3 Å². The second-order valence-electron chi connectivity index (χ2n) is 4.41. The van der Waals surface area contributed by atoms with E-state index in [1.807, 2.05) is 19.2 Å². The highest BCUT2D eigenvalue weighted by Gasteiger charge is 2.09. The zero-order chi connectivity index (χ0) is 13.8. The summed E-state index contributed by atoms with van der Waals surface area (Å²) in [5, 5.41) is 14.0. The summed E-state index contributed by atoms with van der Waals surface area (Å²) in [5.74, 6) is 0. The summed E-state index contributed by atoms with van der Waals surface area (Å²) in [7, 11) is 0. The van der Waals surface area contributed by atoms with Gasteiger partial charge in [-0.1, -0.05) is 0 Å². The number of benzene rings is 1. The van der Waals surface area contributed by atoms with Crippen molar-refractivity contribution in [2.45, 2.75) is 20.4 Å². The summed E-state index contributed by atoms with van der Waals surface area (Å²) < 4.78 is 0. The predicted octanol–water partition coefficient (Wildman–Crippen LogP) is 3.22. The monoisotopic (exact) mass is 257 g/mol. The number of aromatic nitrogens is 1. The van der Waals surface area contributed by atoms with E-state index < -0.39 is 0 Å². The van der Waals surface area contributed by atoms with Gasteiger partial charge in [-0.05, 0) is 43.2 Å². The Kier molecular flexibility index (Phi) is 3.75. The van der Waals surface area contributed by atoms with E-state index in [4.69, 9.17) is 0 Å². The molecule has 0 amide bonds. The fourth-order valence-corrected chi connectivity index (χ4v) is 1.85. The van der Waals surface area contributed by atoms with Crippen LogP contribution in [0.25, 0.3) is 0 Å². The van der Waals surface area contributed by atoms with Gasteiger partial charge in [0.25, 0.3) is 5.69 Å². The number of nitrogens with one attached hydrogen (secondary N) is 1. The van der Waals surface area contributed by atoms with Crippen molar-refractivity contribution in [3.05, 3.63) is 63.5 Å². The Hall–Kier alpha value is -2.43. The molecule has 0 fully saturated rings. The van der Waals surface area contributed by atoms with Crippen LogP contribution in [0.15, 0.2) is 36.7 Å². The topological polar surface area (TPSA) is 68.1 Å². The van der Waals surface area contributed by atoms with E-state index in [0.29, 0.717) is 12.1 Å². The molecule has 0 atom stereocenters. The average molecular weight is 257 g/mol. The summed E-state index contributed by atoms with van der Waals surface area (Å²) in [5.41, 5.74) is 3.94. The Morgan fingerprint density at radius 3 is 2.68 bits per heavy atom. The molecule has 0 saturated carbocycles. The highest BCUT2D eigenvalue weighted by molar-refractivity contribution is 5.53. The maximum atomic E-state index is 10.7. The second-order valence-corrected chi connectivity index (χ2v) is 4.41. The van der Waals surface area contributed by atoms with Crippen molar-refractivity contribution >= 4 is 11.4 Å². The minimum atomic E-state index is -0.371. The smallest absolute Gasteiger partial charge is 0.272 e. The molecule has 5 heteroatoms. The zero-order valence-corrected chi connectivity index (χ0v) is 10.9. The van der Waals surface area contributed by atoms with Gasteiger partial charge in [0.05, 0.1) is 4.92 Å². The number of hydrogen-bond acceptors (Lipinski definition) is 4. The lowest BCUT2D eigenvalue weighted by atomic mass is 10.1. The number of hydrogen-bond donors (Lipinski definition) is 1. The fraction of sp³-hybridized carbons (Fsp3) is 0.214. The van der Waals surface area contributed by atoms with Crippen LogP contribution in [0.4, 0.5) is 11.4 Å². The molecule has 1 aromatic carbocycles. The van der Waals surface area contributed by atoms with Crippen molar-refractivity contribution in [3.8, 4) is 0 Å². The summed E-state index contributed by atoms with van der Waals surface area (Å²) >= 11 is 0. The lowest BCUT2D eigenvalue weighted by Gasteiger charge is -2.09. The molecule has 2 rings (SSSR count). The number of anilines is 1. The highest BCUT2D eigenvalue weighted by Crippen LogP contribution is 2.22. The van der Waals surface area contributed by atoms with Gasteiger partial charge in [0.15, 0.2) is 0 Å². The molecule has 0 bridgehead atoms. The maximum Gasteiger partial charge on any atom is 0.272 e. The molecule has 0 spiro atoms. The minimum absolute atomic E-state index is 0.142. The van der Waals surface area contributed by atoms with Gasteiger partial charge in [-0.2, -0.15) is 0 Å². The summed E-state index contributed by atoms with van der Waals surface area (Å²) in [6.45, 7) is 4.41. The van der Waals surface area contributed by atoms with E-state index in [-0.39, 0.29) is 10.6 Å². The molecule has 0 unspecified atom stereocenters. The van der Waals surface area contributed by atoms with Crippen LogP contribution in [0.3, 0.4) is 0 Å². The van der Waals surface area contributed by atoms with E-state index >= 15 is 0 Å². The number of pyridine rings is 1. The van der Waals surface area contributed by atoms with Crippen LogP contribution in [0.1, 0.15) is 16.7 Å². The first-order chi connectivity index (χ1) is 9.08. The van der Waals surface area contributed by atoms with Gasteiger partial charge in [-0.25, -0.2) is 0 Å². The SMILES string of the molecule is Cc1ccncc1CNc1ccc([N+](=O)[O-])c(C)c1. The molecule has 1 heterocycles. The molecule has 2 aromatic rings. The quantitative estimate of drug-likeness (QED) is 0.674. The summed E-state index contributed by atoms with van der Waals surface area (Å²) in [6.07, 6.45) is 3.58. The van der Waals surface area contributed by atoms with Gasteiger partial charge in [0.2, 0.25) is 0 Å². The molecule has 0 saturated heterocycles. The highest BCUT2D eigenvalue weighted by atomic mass is 16.6. The van der Waals surface area contributed by atoms with Gasteiger partial charge in [0.1, 0.15) is 0 Å². The van der Waals surface area contributed by atoms with E-state index in [0.717, 1.165) is 11.3 Å². The molecule has 19 heavy (non-hydrogen) atoms. The third-order valence-electron chi connectivity index (χ3n) is 3.02. The molecule has 1 aromatic heterocycles. The Morgan fingerprint density at radius 2 is 2.05 bits per heavy atom.